The Kier molecular flexibility index (Phi) is 6.23. The molecule has 0 unspecified atom stereocenters. The van der Waals surface area contributed by atoms with Crippen LogP contribution in [-0.2, 0) is 4.79 Å². The number of hydrogen-bond donors (Lipinski definition) is 2. The summed E-state index contributed by atoms with van der Waals surface area (Å²) in [6.45, 7) is 3.80. The van der Waals surface area contributed by atoms with Gasteiger partial charge in [-0.15, -0.1) is 11.8 Å². The minimum absolute atomic E-state index is 0.0416. The lowest BCUT2D eigenvalue weighted by molar-refractivity contribution is -0.113. The Morgan fingerprint density at radius 2 is 1.65 bits per heavy atom. The van der Waals surface area contributed by atoms with E-state index in [9.17, 15) is 9.59 Å². The maximum absolute atomic E-state index is 12.2. The molecule has 2 amide bonds. The van der Waals surface area contributed by atoms with E-state index in [-0.39, 0.29) is 17.9 Å². The van der Waals surface area contributed by atoms with Gasteiger partial charge in [0.15, 0.2) is 0 Å². The summed E-state index contributed by atoms with van der Waals surface area (Å²) in [7, 11) is 0. The number of anilines is 1. The van der Waals surface area contributed by atoms with Crippen molar-refractivity contribution in [2.75, 3.05) is 11.1 Å². The number of carbonyl (C=O) groups excluding carboxylic acids is 2. The van der Waals surface area contributed by atoms with E-state index in [1.165, 1.54) is 11.8 Å². The van der Waals surface area contributed by atoms with Crippen LogP contribution in [-0.4, -0.2) is 23.6 Å². The Labute approximate surface area is 140 Å². The number of amides is 2. The van der Waals surface area contributed by atoms with Gasteiger partial charge in [-0.2, -0.15) is 0 Å². The third-order valence-electron chi connectivity index (χ3n) is 2.98. The molecule has 2 N–H and O–H groups in total. The molecule has 0 aromatic heterocycles. The van der Waals surface area contributed by atoms with Gasteiger partial charge in [-0.3, -0.25) is 9.59 Å². The van der Waals surface area contributed by atoms with Crippen molar-refractivity contribution >= 4 is 29.3 Å². The van der Waals surface area contributed by atoms with E-state index in [1.807, 2.05) is 44.2 Å². The van der Waals surface area contributed by atoms with Gasteiger partial charge < -0.3 is 10.6 Å². The molecule has 0 bridgehead atoms. The molecule has 0 saturated heterocycles. The molecule has 5 heteroatoms. The van der Waals surface area contributed by atoms with Gasteiger partial charge in [0.05, 0.1) is 17.0 Å². The fourth-order valence-electron chi connectivity index (χ4n) is 1.98. The summed E-state index contributed by atoms with van der Waals surface area (Å²) < 4.78 is 0. The van der Waals surface area contributed by atoms with Gasteiger partial charge in [-0.05, 0) is 38.1 Å². The van der Waals surface area contributed by atoms with Gasteiger partial charge in [-0.1, -0.05) is 30.3 Å². The predicted octanol–water partition coefficient (Wildman–Crippen LogP) is 3.56. The molecular formula is C18H20N2O2S. The van der Waals surface area contributed by atoms with Crippen molar-refractivity contribution in [3.8, 4) is 0 Å². The van der Waals surface area contributed by atoms with E-state index in [1.54, 1.807) is 24.3 Å². The molecule has 0 heterocycles. The monoisotopic (exact) mass is 328 g/mol. The summed E-state index contributed by atoms with van der Waals surface area (Å²) in [5.41, 5.74) is 1.00. The number of nitrogens with one attached hydrogen (secondary N) is 2. The van der Waals surface area contributed by atoms with E-state index in [0.29, 0.717) is 17.0 Å². The van der Waals surface area contributed by atoms with Gasteiger partial charge >= 0.3 is 0 Å². The van der Waals surface area contributed by atoms with Crippen LogP contribution in [0.25, 0.3) is 0 Å². The summed E-state index contributed by atoms with van der Waals surface area (Å²) >= 11 is 1.46. The second-order valence-electron chi connectivity index (χ2n) is 5.32. The Balaban J connectivity index is 1.99. The van der Waals surface area contributed by atoms with Crippen LogP contribution in [0.5, 0.6) is 0 Å². The molecule has 2 rings (SSSR count). The largest absolute Gasteiger partial charge is 0.350 e. The summed E-state index contributed by atoms with van der Waals surface area (Å²) in [6.07, 6.45) is 0. The molecule has 0 fully saturated rings. The highest BCUT2D eigenvalue weighted by atomic mass is 32.2. The quantitative estimate of drug-likeness (QED) is 0.797. The highest BCUT2D eigenvalue weighted by Crippen LogP contribution is 2.19. The average Bonchev–Trinajstić information content (AvgIpc) is 2.54. The Hall–Kier alpha value is -2.27. The number of thioether (sulfide) groups is 1. The van der Waals surface area contributed by atoms with Crippen molar-refractivity contribution in [1.82, 2.24) is 5.32 Å². The minimum atomic E-state index is -0.188. The van der Waals surface area contributed by atoms with Gasteiger partial charge in [0.2, 0.25) is 5.91 Å². The van der Waals surface area contributed by atoms with E-state index in [4.69, 9.17) is 0 Å². The van der Waals surface area contributed by atoms with E-state index in [2.05, 4.69) is 10.6 Å². The number of para-hydroxylation sites is 1. The van der Waals surface area contributed by atoms with E-state index in [0.717, 1.165) is 4.90 Å². The first kappa shape index (κ1) is 17.1. The van der Waals surface area contributed by atoms with Gasteiger partial charge in [-0.25, -0.2) is 0 Å². The molecule has 120 valence electrons. The molecule has 0 atom stereocenters. The van der Waals surface area contributed by atoms with Gasteiger partial charge in [0.1, 0.15) is 0 Å². The first-order valence-corrected chi connectivity index (χ1v) is 8.42. The topological polar surface area (TPSA) is 58.2 Å². The van der Waals surface area contributed by atoms with Crippen molar-refractivity contribution in [3.05, 3.63) is 60.2 Å². The lowest BCUT2D eigenvalue weighted by Crippen LogP contribution is -2.31. The zero-order chi connectivity index (χ0) is 16.7. The summed E-state index contributed by atoms with van der Waals surface area (Å²) in [6, 6.07) is 16.8. The molecule has 23 heavy (non-hydrogen) atoms. The molecule has 0 saturated carbocycles. The molecule has 2 aromatic carbocycles. The maximum atomic E-state index is 12.2. The first-order chi connectivity index (χ1) is 11.1. The fourth-order valence-corrected chi connectivity index (χ4v) is 2.70. The zero-order valence-electron chi connectivity index (χ0n) is 13.2. The van der Waals surface area contributed by atoms with E-state index >= 15 is 0 Å². The first-order valence-electron chi connectivity index (χ1n) is 7.44. The molecule has 0 aliphatic rings. The number of rotatable bonds is 6. The van der Waals surface area contributed by atoms with Crippen LogP contribution in [0.2, 0.25) is 0 Å². The van der Waals surface area contributed by atoms with Gasteiger partial charge in [0.25, 0.3) is 5.91 Å². The van der Waals surface area contributed by atoms with Crippen molar-refractivity contribution in [3.63, 3.8) is 0 Å². The van der Waals surface area contributed by atoms with E-state index < -0.39 is 0 Å². The minimum Gasteiger partial charge on any atom is -0.350 e. The van der Waals surface area contributed by atoms with Crippen LogP contribution in [0.1, 0.15) is 24.2 Å². The van der Waals surface area contributed by atoms with Crippen LogP contribution in [0.3, 0.4) is 0 Å². The Morgan fingerprint density at radius 1 is 1.00 bits per heavy atom. The number of carbonyl (C=O) groups is 2. The highest BCUT2D eigenvalue weighted by molar-refractivity contribution is 8.00. The lowest BCUT2D eigenvalue weighted by Gasteiger charge is -2.13. The second kappa shape index (κ2) is 8.39. The van der Waals surface area contributed by atoms with Crippen LogP contribution in [0.15, 0.2) is 59.5 Å². The lowest BCUT2D eigenvalue weighted by atomic mass is 10.1. The summed E-state index contributed by atoms with van der Waals surface area (Å²) in [5.74, 6) is -0.0281. The van der Waals surface area contributed by atoms with Crippen molar-refractivity contribution in [1.29, 1.82) is 0 Å². The highest BCUT2D eigenvalue weighted by Gasteiger charge is 2.13. The van der Waals surface area contributed by atoms with Crippen molar-refractivity contribution in [2.45, 2.75) is 24.8 Å². The predicted molar refractivity (Wildman–Crippen MR) is 94.8 cm³/mol. The molecule has 4 nitrogen and oxygen atoms in total. The SMILES string of the molecule is CC(C)NC(=O)c1ccccc1NC(=O)CSc1ccccc1. The smallest absolute Gasteiger partial charge is 0.253 e. The van der Waals surface area contributed by atoms with Crippen LogP contribution in [0, 0.1) is 0 Å². The van der Waals surface area contributed by atoms with Crippen LogP contribution < -0.4 is 10.6 Å². The van der Waals surface area contributed by atoms with Crippen molar-refractivity contribution < 1.29 is 9.59 Å². The molecular weight excluding hydrogens is 308 g/mol. The maximum Gasteiger partial charge on any atom is 0.253 e. The molecule has 2 aromatic rings. The molecule has 0 aliphatic carbocycles. The zero-order valence-corrected chi connectivity index (χ0v) is 14.0. The molecule has 0 aliphatic heterocycles. The number of hydrogen-bond acceptors (Lipinski definition) is 3. The summed E-state index contributed by atoms with van der Waals surface area (Å²) in [4.78, 5) is 25.3. The number of benzene rings is 2. The Bertz CT molecular complexity index is 672. The standard InChI is InChI=1S/C18H20N2O2S/c1-13(2)19-18(22)15-10-6-7-11-16(15)20-17(21)12-23-14-8-4-3-5-9-14/h3-11,13H,12H2,1-2H3,(H,19,22)(H,20,21). The Morgan fingerprint density at radius 3 is 2.35 bits per heavy atom. The fraction of sp³-hybridized carbons (Fsp3) is 0.222. The normalized spacial score (nSPS) is 10.4. The van der Waals surface area contributed by atoms with Crippen LogP contribution >= 0.6 is 11.8 Å². The van der Waals surface area contributed by atoms with Gasteiger partial charge in [0, 0.05) is 10.9 Å². The third kappa shape index (κ3) is 5.45. The van der Waals surface area contributed by atoms with Crippen LogP contribution in [0.4, 0.5) is 5.69 Å². The molecule has 0 radical (unpaired) electrons. The van der Waals surface area contributed by atoms with Crippen molar-refractivity contribution in [2.24, 2.45) is 0 Å². The average molecular weight is 328 g/mol. The molecule has 0 spiro atoms. The second-order valence-corrected chi connectivity index (χ2v) is 6.37. The third-order valence-corrected chi connectivity index (χ3v) is 3.99. The summed E-state index contributed by atoms with van der Waals surface area (Å²) in [5, 5.41) is 5.65.